The number of carbonyl (C=O) groups is 2. The Morgan fingerprint density at radius 2 is 1.64 bits per heavy atom. The summed E-state index contributed by atoms with van der Waals surface area (Å²) in [5, 5.41) is 0. The second-order valence-corrected chi connectivity index (χ2v) is 13.4. The SMILES string of the molecule is CCC(C)C(C(=O)N1CCC(N(C2CC2)S(=O)(=O)c2cccc(C(F)(F)F)c2)CC1)N(C)C(=O)OC(C)(C)C. The van der Waals surface area contributed by atoms with Gasteiger partial charge < -0.3 is 9.64 Å². The average Bonchev–Trinajstić information content (AvgIpc) is 3.67. The van der Waals surface area contributed by atoms with Gasteiger partial charge in [-0.3, -0.25) is 9.69 Å². The molecule has 2 atom stereocenters. The third kappa shape index (κ3) is 7.45. The van der Waals surface area contributed by atoms with E-state index in [4.69, 9.17) is 4.74 Å². The summed E-state index contributed by atoms with van der Waals surface area (Å²) >= 11 is 0. The fourth-order valence-electron chi connectivity index (χ4n) is 4.96. The molecule has 0 radical (unpaired) electrons. The van der Waals surface area contributed by atoms with E-state index >= 15 is 0 Å². The average molecular weight is 576 g/mol. The molecule has 2 unspecified atom stereocenters. The second kappa shape index (κ2) is 11.6. The van der Waals surface area contributed by atoms with Gasteiger partial charge in [-0.25, -0.2) is 13.2 Å². The zero-order valence-electron chi connectivity index (χ0n) is 23.5. The molecule has 12 heteroatoms. The highest BCUT2D eigenvalue weighted by molar-refractivity contribution is 7.89. The van der Waals surface area contributed by atoms with Crippen molar-refractivity contribution in [3.8, 4) is 0 Å². The molecule has 0 aromatic heterocycles. The smallest absolute Gasteiger partial charge is 0.416 e. The van der Waals surface area contributed by atoms with Crippen molar-refractivity contribution in [1.29, 1.82) is 0 Å². The highest BCUT2D eigenvalue weighted by atomic mass is 32.2. The van der Waals surface area contributed by atoms with Gasteiger partial charge in [-0.2, -0.15) is 17.5 Å². The Labute approximate surface area is 229 Å². The van der Waals surface area contributed by atoms with Crippen molar-refractivity contribution in [2.75, 3.05) is 20.1 Å². The number of nitrogens with zero attached hydrogens (tertiary/aromatic N) is 3. The third-order valence-electron chi connectivity index (χ3n) is 7.31. The van der Waals surface area contributed by atoms with E-state index in [1.165, 1.54) is 15.3 Å². The first-order valence-electron chi connectivity index (χ1n) is 13.4. The first-order chi connectivity index (χ1) is 18.0. The van der Waals surface area contributed by atoms with E-state index in [0.29, 0.717) is 38.2 Å². The number of likely N-dealkylation sites (tertiary alicyclic amines) is 1. The van der Waals surface area contributed by atoms with E-state index in [-0.39, 0.29) is 35.9 Å². The lowest BCUT2D eigenvalue weighted by Crippen LogP contribution is -2.56. The molecule has 1 saturated heterocycles. The van der Waals surface area contributed by atoms with Gasteiger partial charge in [0.2, 0.25) is 15.9 Å². The number of ether oxygens (including phenoxy) is 1. The lowest BCUT2D eigenvalue weighted by Gasteiger charge is -2.41. The number of piperidine rings is 1. The summed E-state index contributed by atoms with van der Waals surface area (Å²) in [5.74, 6) is -0.369. The Morgan fingerprint density at radius 3 is 2.13 bits per heavy atom. The van der Waals surface area contributed by atoms with Crippen LogP contribution in [0, 0.1) is 5.92 Å². The topological polar surface area (TPSA) is 87.2 Å². The molecule has 1 aliphatic heterocycles. The number of carbonyl (C=O) groups excluding carboxylic acids is 2. The zero-order chi connectivity index (χ0) is 29.3. The molecular weight excluding hydrogens is 535 g/mol. The summed E-state index contributed by atoms with van der Waals surface area (Å²) in [7, 11) is -2.63. The first-order valence-corrected chi connectivity index (χ1v) is 14.9. The molecule has 1 saturated carbocycles. The van der Waals surface area contributed by atoms with E-state index in [1.54, 1.807) is 32.7 Å². The lowest BCUT2D eigenvalue weighted by atomic mass is 9.95. The van der Waals surface area contributed by atoms with Crippen LogP contribution in [0.1, 0.15) is 72.3 Å². The minimum absolute atomic E-state index is 0.142. The van der Waals surface area contributed by atoms with Crippen LogP contribution in [0.25, 0.3) is 0 Å². The van der Waals surface area contributed by atoms with Crippen LogP contribution in [-0.2, 0) is 25.7 Å². The number of likely N-dealkylation sites (N-methyl/N-ethyl adjacent to an activating group) is 1. The number of alkyl halides is 3. The van der Waals surface area contributed by atoms with E-state index in [1.807, 2.05) is 13.8 Å². The minimum Gasteiger partial charge on any atom is -0.444 e. The van der Waals surface area contributed by atoms with Crippen LogP contribution in [0.4, 0.5) is 18.0 Å². The van der Waals surface area contributed by atoms with Crippen LogP contribution < -0.4 is 0 Å². The maximum atomic E-state index is 13.6. The van der Waals surface area contributed by atoms with Crippen molar-refractivity contribution in [1.82, 2.24) is 14.1 Å². The predicted molar refractivity (Wildman–Crippen MR) is 140 cm³/mol. The molecule has 0 N–H and O–H groups in total. The molecular formula is C27H40F3N3O5S. The largest absolute Gasteiger partial charge is 0.444 e. The van der Waals surface area contributed by atoms with Crippen LogP contribution in [0.2, 0.25) is 0 Å². The summed E-state index contributed by atoms with van der Waals surface area (Å²) in [4.78, 5) is 29.0. The molecule has 1 aromatic carbocycles. The molecule has 39 heavy (non-hydrogen) atoms. The maximum absolute atomic E-state index is 13.6. The number of hydrogen-bond donors (Lipinski definition) is 0. The van der Waals surface area contributed by atoms with Gasteiger partial charge in [0.1, 0.15) is 11.6 Å². The minimum atomic E-state index is -4.65. The molecule has 8 nitrogen and oxygen atoms in total. The van der Waals surface area contributed by atoms with Gasteiger partial charge in [0, 0.05) is 32.2 Å². The zero-order valence-corrected chi connectivity index (χ0v) is 24.3. The van der Waals surface area contributed by atoms with Crippen LogP contribution >= 0.6 is 0 Å². The molecule has 1 aromatic rings. The van der Waals surface area contributed by atoms with Crippen molar-refractivity contribution >= 4 is 22.0 Å². The Kier molecular flexibility index (Phi) is 9.31. The van der Waals surface area contributed by atoms with E-state index in [0.717, 1.165) is 12.1 Å². The number of halogens is 3. The predicted octanol–water partition coefficient (Wildman–Crippen LogP) is 5.13. The molecule has 2 amide bonds. The standard InChI is InChI=1S/C27H40F3N3O5S/c1-7-18(2)23(31(6)25(35)38-26(3,4)5)24(34)32-15-13-21(14-16-32)33(20-11-12-20)39(36,37)22-10-8-9-19(17-22)27(28,29)30/h8-10,17-18,20-21,23H,7,11-16H2,1-6H3. The Morgan fingerprint density at radius 1 is 1.08 bits per heavy atom. The van der Waals surface area contributed by atoms with Crippen molar-refractivity contribution in [2.24, 2.45) is 5.92 Å². The van der Waals surface area contributed by atoms with Gasteiger partial charge in [0.25, 0.3) is 0 Å². The molecule has 0 spiro atoms. The number of sulfonamides is 1. The highest BCUT2D eigenvalue weighted by Crippen LogP contribution is 2.38. The van der Waals surface area contributed by atoms with Crippen molar-refractivity contribution in [2.45, 2.75) is 102 Å². The number of rotatable bonds is 8. The van der Waals surface area contributed by atoms with Crippen LogP contribution in [0.3, 0.4) is 0 Å². The normalized spacial score (nSPS) is 19.1. The van der Waals surface area contributed by atoms with Crippen LogP contribution in [0.5, 0.6) is 0 Å². The highest BCUT2D eigenvalue weighted by Gasteiger charge is 2.45. The second-order valence-electron chi connectivity index (χ2n) is 11.6. The van der Waals surface area contributed by atoms with E-state index in [2.05, 4.69) is 0 Å². The molecule has 3 rings (SSSR count). The van der Waals surface area contributed by atoms with E-state index in [9.17, 15) is 31.2 Å². The van der Waals surface area contributed by atoms with Gasteiger partial charge >= 0.3 is 12.3 Å². The Bertz CT molecular complexity index is 1140. The van der Waals surface area contributed by atoms with Crippen molar-refractivity contribution in [3.63, 3.8) is 0 Å². The number of amides is 2. The number of hydrogen-bond acceptors (Lipinski definition) is 5. The first kappa shape index (κ1) is 31.2. The molecule has 2 aliphatic rings. The molecule has 1 heterocycles. The third-order valence-corrected chi connectivity index (χ3v) is 9.32. The fourth-order valence-corrected chi connectivity index (χ4v) is 6.94. The molecule has 0 bridgehead atoms. The van der Waals surface area contributed by atoms with Gasteiger partial charge in [0.15, 0.2) is 0 Å². The van der Waals surface area contributed by atoms with Crippen molar-refractivity contribution in [3.05, 3.63) is 29.8 Å². The summed E-state index contributed by atoms with van der Waals surface area (Å²) in [6, 6.07) is 2.41. The van der Waals surface area contributed by atoms with Crippen LogP contribution in [-0.4, -0.2) is 78.4 Å². The Hall–Kier alpha value is -2.34. The Balaban J connectivity index is 1.76. The summed E-state index contributed by atoms with van der Waals surface area (Å²) in [6.07, 6.45) is -2.59. The van der Waals surface area contributed by atoms with Crippen LogP contribution in [0.15, 0.2) is 29.2 Å². The summed E-state index contributed by atoms with van der Waals surface area (Å²) in [5.41, 5.74) is -1.73. The fraction of sp³-hybridized carbons (Fsp3) is 0.704. The van der Waals surface area contributed by atoms with Gasteiger partial charge in [-0.15, -0.1) is 0 Å². The van der Waals surface area contributed by atoms with Gasteiger partial charge in [-0.05, 0) is 70.6 Å². The van der Waals surface area contributed by atoms with Gasteiger partial charge in [-0.1, -0.05) is 26.3 Å². The van der Waals surface area contributed by atoms with E-state index < -0.39 is 45.5 Å². The maximum Gasteiger partial charge on any atom is 0.416 e. The van der Waals surface area contributed by atoms with Gasteiger partial charge in [0.05, 0.1) is 10.5 Å². The van der Waals surface area contributed by atoms with Crippen molar-refractivity contribution < 1.29 is 35.9 Å². The summed E-state index contributed by atoms with van der Waals surface area (Å²) < 4.78 is 73.7. The number of benzene rings is 1. The molecule has 2 fully saturated rings. The molecule has 1 aliphatic carbocycles. The summed E-state index contributed by atoms with van der Waals surface area (Å²) in [6.45, 7) is 9.65. The lowest BCUT2D eigenvalue weighted by molar-refractivity contribution is -0.140. The molecule has 220 valence electrons. The monoisotopic (exact) mass is 575 g/mol. The quantitative estimate of drug-likeness (QED) is 0.429.